The highest BCUT2D eigenvalue weighted by atomic mass is 79.9. The monoisotopic (exact) mass is 509 g/mol. The predicted octanol–water partition coefficient (Wildman–Crippen LogP) is 6.08. The lowest BCUT2D eigenvalue weighted by Crippen LogP contribution is -2.45. The Morgan fingerprint density at radius 2 is 1.69 bits per heavy atom. The number of nitrogens with zero attached hydrogens (tertiary/aromatic N) is 3. The zero-order valence-electron chi connectivity index (χ0n) is 16.9. The average molecular weight is 510 g/mol. The molecule has 0 unspecified atom stereocenters. The van der Waals surface area contributed by atoms with E-state index in [9.17, 15) is 22.4 Å². The highest BCUT2D eigenvalue weighted by Crippen LogP contribution is 2.41. The van der Waals surface area contributed by atoms with Gasteiger partial charge in [0.1, 0.15) is 17.1 Å². The standard InChI is InChI=1S/C22H16BrF4N3O2/c1-12-9-14(24)4-6-16(12)29-11-30(18-7-8-19(32-2)28-20(18)23)21(31)15-10-13(22(25,26)27)3-5-17(15)29/h3-10H,11H2,1-2H3. The number of carbonyl (C=O) groups excluding carboxylic acids is 1. The number of aromatic nitrogens is 1. The molecule has 0 spiro atoms. The molecule has 0 N–H and O–H groups in total. The molecule has 0 radical (unpaired) electrons. The van der Waals surface area contributed by atoms with Crippen LogP contribution in [0.15, 0.2) is 53.1 Å². The summed E-state index contributed by atoms with van der Waals surface area (Å²) in [7, 11) is 1.44. The smallest absolute Gasteiger partial charge is 0.416 e. The van der Waals surface area contributed by atoms with Crippen molar-refractivity contribution >= 4 is 38.9 Å². The summed E-state index contributed by atoms with van der Waals surface area (Å²) in [6.45, 7) is 1.67. The number of ether oxygens (including phenoxy) is 1. The lowest BCUT2D eigenvalue weighted by Gasteiger charge is -2.39. The number of benzene rings is 2. The molecule has 0 atom stereocenters. The summed E-state index contributed by atoms with van der Waals surface area (Å²) >= 11 is 3.30. The first-order chi connectivity index (χ1) is 15.1. The maximum Gasteiger partial charge on any atom is 0.416 e. The summed E-state index contributed by atoms with van der Waals surface area (Å²) < 4.78 is 59.2. The Morgan fingerprint density at radius 1 is 1.00 bits per heavy atom. The van der Waals surface area contributed by atoms with Gasteiger partial charge in [0.25, 0.3) is 5.91 Å². The van der Waals surface area contributed by atoms with Crippen LogP contribution < -0.4 is 14.5 Å². The van der Waals surface area contributed by atoms with Crippen LogP contribution in [0.4, 0.5) is 34.6 Å². The van der Waals surface area contributed by atoms with Crippen LogP contribution in [0.1, 0.15) is 21.5 Å². The molecule has 1 aliphatic heterocycles. The minimum absolute atomic E-state index is 0.0176. The molecule has 0 aliphatic carbocycles. The third-order valence-electron chi connectivity index (χ3n) is 5.13. The lowest BCUT2D eigenvalue weighted by molar-refractivity contribution is -0.137. The van der Waals surface area contributed by atoms with E-state index in [2.05, 4.69) is 20.9 Å². The predicted molar refractivity (Wildman–Crippen MR) is 115 cm³/mol. The van der Waals surface area contributed by atoms with E-state index in [-0.39, 0.29) is 16.8 Å². The first kappa shape index (κ1) is 22.1. The number of carbonyl (C=O) groups is 1. The molecule has 1 amide bonds. The van der Waals surface area contributed by atoms with Gasteiger partial charge in [-0.25, -0.2) is 9.37 Å². The topological polar surface area (TPSA) is 45.7 Å². The Hall–Kier alpha value is -3.14. The van der Waals surface area contributed by atoms with Gasteiger partial charge in [-0.15, -0.1) is 0 Å². The first-order valence-corrected chi connectivity index (χ1v) is 10.2. The van der Waals surface area contributed by atoms with Crippen LogP contribution in [0.5, 0.6) is 5.88 Å². The van der Waals surface area contributed by atoms with E-state index >= 15 is 0 Å². The van der Waals surface area contributed by atoms with E-state index in [1.54, 1.807) is 24.0 Å². The third kappa shape index (κ3) is 3.90. The number of alkyl halides is 3. The van der Waals surface area contributed by atoms with Crippen molar-refractivity contribution in [1.82, 2.24) is 4.98 Å². The molecule has 0 saturated carbocycles. The zero-order valence-corrected chi connectivity index (χ0v) is 18.5. The Labute approximate surface area is 189 Å². The number of pyridine rings is 1. The molecule has 0 bridgehead atoms. The van der Waals surface area contributed by atoms with Crippen LogP contribution in [0.3, 0.4) is 0 Å². The van der Waals surface area contributed by atoms with Crippen molar-refractivity contribution in [3.8, 4) is 5.88 Å². The van der Waals surface area contributed by atoms with Gasteiger partial charge in [0.05, 0.1) is 29.6 Å². The van der Waals surface area contributed by atoms with Crippen LogP contribution in [-0.4, -0.2) is 24.7 Å². The minimum atomic E-state index is -4.61. The lowest BCUT2D eigenvalue weighted by atomic mass is 10.0. The van der Waals surface area contributed by atoms with Crippen molar-refractivity contribution in [2.75, 3.05) is 23.6 Å². The van der Waals surface area contributed by atoms with E-state index in [0.717, 1.165) is 12.1 Å². The molecule has 0 saturated heterocycles. The highest BCUT2D eigenvalue weighted by Gasteiger charge is 2.37. The summed E-state index contributed by atoms with van der Waals surface area (Å²) in [5, 5.41) is 0. The van der Waals surface area contributed by atoms with E-state index in [0.29, 0.717) is 28.5 Å². The number of fused-ring (bicyclic) bond motifs is 1. The highest BCUT2D eigenvalue weighted by molar-refractivity contribution is 9.10. The van der Waals surface area contributed by atoms with Crippen molar-refractivity contribution < 1.29 is 27.1 Å². The molecule has 5 nitrogen and oxygen atoms in total. The van der Waals surface area contributed by atoms with E-state index in [1.165, 1.54) is 36.3 Å². The van der Waals surface area contributed by atoms with Gasteiger partial charge in [0, 0.05) is 11.8 Å². The summed E-state index contributed by atoms with van der Waals surface area (Å²) in [6.07, 6.45) is -4.61. The summed E-state index contributed by atoms with van der Waals surface area (Å²) in [4.78, 5) is 20.5. The second-order valence-electron chi connectivity index (χ2n) is 7.13. The molecule has 32 heavy (non-hydrogen) atoms. The second-order valence-corrected chi connectivity index (χ2v) is 7.88. The number of rotatable bonds is 3. The SMILES string of the molecule is COc1ccc(N2CN(c3ccc(F)cc3C)c3ccc(C(F)(F)F)cc3C2=O)c(Br)n1. The fraction of sp³-hybridized carbons (Fsp3) is 0.182. The first-order valence-electron chi connectivity index (χ1n) is 9.37. The van der Waals surface area contributed by atoms with E-state index in [4.69, 9.17) is 4.74 Å². The molecule has 10 heteroatoms. The summed E-state index contributed by atoms with van der Waals surface area (Å²) in [5.41, 5.74) is 0.710. The molecule has 2 aromatic carbocycles. The van der Waals surface area contributed by atoms with Crippen LogP contribution in [0, 0.1) is 12.7 Å². The fourth-order valence-electron chi connectivity index (χ4n) is 3.58. The van der Waals surface area contributed by atoms with E-state index < -0.39 is 23.5 Å². The summed E-state index contributed by atoms with van der Waals surface area (Å²) in [5.74, 6) is -0.753. The zero-order chi connectivity index (χ0) is 23.2. The molecule has 0 fully saturated rings. The van der Waals surface area contributed by atoms with Crippen LogP contribution in [0.2, 0.25) is 0 Å². The Bertz CT molecular complexity index is 1220. The molecular formula is C22H16BrF4N3O2. The van der Waals surface area contributed by atoms with Crippen molar-refractivity contribution in [2.24, 2.45) is 0 Å². The minimum Gasteiger partial charge on any atom is -0.481 e. The van der Waals surface area contributed by atoms with Gasteiger partial charge in [-0.1, -0.05) is 0 Å². The molecule has 4 rings (SSSR count). The van der Waals surface area contributed by atoms with Crippen LogP contribution in [-0.2, 0) is 6.18 Å². The normalized spacial score (nSPS) is 13.9. The second kappa shape index (κ2) is 8.09. The van der Waals surface area contributed by atoms with Gasteiger partial charge in [-0.05, 0) is 70.9 Å². The molecule has 3 aromatic rings. The Morgan fingerprint density at radius 3 is 2.31 bits per heavy atom. The maximum atomic E-state index is 13.7. The quantitative estimate of drug-likeness (QED) is 0.317. The van der Waals surface area contributed by atoms with E-state index in [1.807, 2.05) is 0 Å². The largest absolute Gasteiger partial charge is 0.481 e. The van der Waals surface area contributed by atoms with Crippen molar-refractivity contribution in [1.29, 1.82) is 0 Å². The van der Waals surface area contributed by atoms with Gasteiger partial charge in [0.2, 0.25) is 5.88 Å². The average Bonchev–Trinajstić information content (AvgIpc) is 2.74. The molecule has 2 heterocycles. The Balaban J connectivity index is 1.90. The summed E-state index contributed by atoms with van der Waals surface area (Å²) in [6, 6.07) is 10.3. The fourth-order valence-corrected chi connectivity index (χ4v) is 4.11. The molecule has 166 valence electrons. The molecular weight excluding hydrogens is 494 g/mol. The van der Waals surface area contributed by atoms with Crippen LogP contribution in [0.25, 0.3) is 0 Å². The van der Waals surface area contributed by atoms with Gasteiger partial charge in [0.15, 0.2) is 0 Å². The van der Waals surface area contributed by atoms with Crippen molar-refractivity contribution in [3.05, 3.63) is 75.6 Å². The number of hydrogen-bond acceptors (Lipinski definition) is 4. The number of aryl methyl sites for hydroxylation is 1. The van der Waals surface area contributed by atoms with Crippen LogP contribution >= 0.6 is 15.9 Å². The maximum absolute atomic E-state index is 13.7. The Kier molecular flexibility index (Phi) is 5.58. The number of amides is 1. The number of anilines is 3. The number of halogens is 5. The molecule has 1 aliphatic rings. The number of methoxy groups -OCH3 is 1. The number of hydrogen-bond donors (Lipinski definition) is 0. The van der Waals surface area contributed by atoms with Gasteiger partial charge in [-0.2, -0.15) is 13.2 Å². The van der Waals surface area contributed by atoms with Gasteiger partial charge in [-0.3, -0.25) is 9.69 Å². The third-order valence-corrected chi connectivity index (χ3v) is 5.71. The molecule has 1 aromatic heterocycles. The van der Waals surface area contributed by atoms with Gasteiger partial charge >= 0.3 is 6.18 Å². The van der Waals surface area contributed by atoms with Gasteiger partial charge < -0.3 is 9.64 Å². The van der Waals surface area contributed by atoms with Crippen molar-refractivity contribution in [2.45, 2.75) is 13.1 Å². The van der Waals surface area contributed by atoms with Crippen molar-refractivity contribution in [3.63, 3.8) is 0 Å².